The number of nitrogens with zero attached hydrogens (tertiary/aromatic N) is 2. The molecule has 0 unspecified atom stereocenters. The van der Waals surface area contributed by atoms with Gasteiger partial charge in [-0.1, -0.05) is 0 Å². The molecule has 14 heavy (non-hydrogen) atoms. The van der Waals surface area contributed by atoms with Crippen LogP contribution in [0.25, 0.3) is 0 Å². The first kappa shape index (κ1) is 10.5. The number of aromatic nitrogens is 2. The van der Waals surface area contributed by atoms with Crippen molar-refractivity contribution in [3.05, 3.63) is 17.8 Å². The van der Waals surface area contributed by atoms with Gasteiger partial charge in [-0.25, -0.2) is 14.4 Å². The molecule has 0 saturated heterocycles. The van der Waals surface area contributed by atoms with Crippen molar-refractivity contribution in [1.29, 1.82) is 0 Å². The Morgan fingerprint density at radius 3 is 3.07 bits per heavy atom. The van der Waals surface area contributed by atoms with Crippen LogP contribution in [0.5, 0.6) is 0 Å². The summed E-state index contributed by atoms with van der Waals surface area (Å²) in [6.07, 6.45) is 7.90. The molecule has 1 N–H and O–H groups in total. The minimum absolute atomic E-state index is 0.245. The van der Waals surface area contributed by atoms with Crippen LogP contribution in [0.1, 0.15) is 18.5 Å². The molecular formula is C10H12FN3. The summed E-state index contributed by atoms with van der Waals surface area (Å²) in [6.45, 7) is 2.22. The summed E-state index contributed by atoms with van der Waals surface area (Å²) in [4.78, 5) is 7.51. The molecule has 3 nitrogen and oxygen atoms in total. The molecule has 1 aromatic heterocycles. The molecule has 0 aliphatic rings. The van der Waals surface area contributed by atoms with E-state index in [4.69, 9.17) is 6.42 Å². The fourth-order valence-electron chi connectivity index (χ4n) is 0.978. The predicted molar refractivity (Wildman–Crippen MR) is 53.3 cm³/mol. The van der Waals surface area contributed by atoms with Crippen molar-refractivity contribution in [3.8, 4) is 12.3 Å². The van der Waals surface area contributed by atoms with E-state index >= 15 is 0 Å². The maximum absolute atomic E-state index is 13.3. The number of halogens is 1. The average Bonchev–Trinajstić information content (AvgIpc) is 2.19. The van der Waals surface area contributed by atoms with Gasteiger partial charge in [0.1, 0.15) is 6.33 Å². The van der Waals surface area contributed by atoms with Crippen molar-refractivity contribution >= 4 is 5.82 Å². The van der Waals surface area contributed by atoms with Gasteiger partial charge in [-0.15, -0.1) is 12.3 Å². The lowest BCUT2D eigenvalue weighted by molar-refractivity contribution is 0.604. The maximum atomic E-state index is 13.3. The number of rotatable bonds is 4. The molecule has 1 heterocycles. The molecule has 0 amide bonds. The van der Waals surface area contributed by atoms with Crippen LogP contribution in [0, 0.1) is 25.1 Å². The Morgan fingerprint density at radius 1 is 1.57 bits per heavy atom. The van der Waals surface area contributed by atoms with E-state index in [-0.39, 0.29) is 5.82 Å². The summed E-state index contributed by atoms with van der Waals surface area (Å²) in [7, 11) is 0. The molecule has 0 aromatic carbocycles. The highest BCUT2D eigenvalue weighted by Crippen LogP contribution is 2.11. The minimum Gasteiger partial charge on any atom is -0.367 e. The third-order valence-electron chi connectivity index (χ3n) is 1.75. The summed E-state index contributed by atoms with van der Waals surface area (Å²) in [6, 6.07) is 0. The minimum atomic E-state index is -0.395. The molecule has 1 rings (SSSR count). The smallest absolute Gasteiger partial charge is 0.186 e. The van der Waals surface area contributed by atoms with Gasteiger partial charge >= 0.3 is 0 Å². The van der Waals surface area contributed by atoms with E-state index in [0.29, 0.717) is 18.7 Å². The fourth-order valence-corrected chi connectivity index (χ4v) is 0.978. The van der Waals surface area contributed by atoms with Crippen molar-refractivity contribution < 1.29 is 4.39 Å². The highest BCUT2D eigenvalue weighted by atomic mass is 19.1. The van der Waals surface area contributed by atoms with E-state index in [1.54, 1.807) is 6.92 Å². The molecule has 0 aliphatic carbocycles. The third-order valence-corrected chi connectivity index (χ3v) is 1.75. The highest BCUT2D eigenvalue weighted by molar-refractivity contribution is 5.36. The maximum Gasteiger partial charge on any atom is 0.186 e. The normalized spacial score (nSPS) is 9.50. The van der Waals surface area contributed by atoms with Gasteiger partial charge < -0.3 is 5.32 Å². The van der Waals surface area contributed by atoms with E-state index < -0.39 is 5.82 Å². The molecule has 1 aromatic rings. The number of terminal acetylenes is 1. The van der Waals surface area contributed by atoms with Gasteiger partial charge in [0.15, 0.2) is 11.6 Å². The molecule has 0 fully saturated rings. The Morgan fingerprint density at radius 2 is 2.36 bits per heavy atom. The number of unbranched alkanes of at least 4 members (excludes halogenated alkanes) is 1. The Balaban J connectivity index is 2.51. The van der Waals surface area contributed by atoms with E-state index in [1.165, 1.54) is 6.33 Å². The van der Waals surface area contributed by atoms with E-state index in [9.17, 15) is 4.39 Å². The van der Waals surface area contributed by atoms with Crippen LogP contribution in [0.4, 0.5) is 10.2 Å². The lowest BCUT2D eigenvalue weighted by atomic mass is 10.3. The topological polar surface area (TPSA) is 37.8 Å². The van der Waals surface area contributed by atoms with Crippen LogP contribution in [0.2, 0.25) is 0 Å². The predicted octanol–water partition coefficient (Wildman–Crippen LogP) is 1.75. The Labute approximate surface area is 82.8 Å². The zero-order chi connectivity index (χ0) is 10.4. The second kappa shape index (κ2) is 5.18. The van der Waals surface area contributed by atoms with Crippen LogP contribution in [-0.4, -0.2) is 16.5 Å². The van der Waals surface area contributed by atoms with Gasteiger partial charge in [0.25, 0.3) is 0 Å². The number of anilines is 1. The zero-order valence-corrected chi connectivity index (χ0v) is 8.05. The van der Waals surface area contributed by atoms with Crippen LogP contribution in [0.3, 0.4) is 0 Å². The highest BCUT2D eigenvalue weighted by Gasteiger charge is 2.05. The molecule has 0 spiro atoms. The Hall–Kier alpha value is -1.63. The van der Waals surface area contributed by atoms with E-state index in [0.717, 1.165) is 6.42 Å². The summed E-state index contributed by atoms with van der Waals surface area (Å²) >= 11 is 0. The first-order chi connectivity index (χ1) is 6.75. The Kier molecular flexibility index (Phi) is 3.86. The van der Waals surface area contributed by atoms with Gasteiger partial charge in [0.05, 0.1) is 5.69 Å². The molecule has 0 saturated carbocycles. The van der Waals surface area contributed by atoms with Gasteiger partial charge in [-0.3, -0.25) is 0 Å². The largest absolute Gasteiger partial charge is 0.367 e. The lowest BCUT2D eigenvalue weighted by Gasteiger charge is -2.05. The van der Waals surface area contributed by atoms with Crippen molar-refractivity contribution in [3.63, 3.8) is 0 Å². The van der Waals surface area contributed by atoms with E-state index in [1.807, 2.05) is 0 Å². The molecule has 0 atom stereocenters. The van der Waals surface area contributed by atoms with Gasteiger partial charge in [0.2, 0.25) is 0 Å². The molecule has 0 aliphatic heterocycles. The number of hydrogen-bond donors (Lipinski definition) is 1. The average molecular weight is 193 g/mol. The van der Waals surface area contributed by atoms with Crippen molar-refractivity contribution in [2.75, 3.05) is 11.9 Å². The molecule has 0 radical (unpaired) electrons. The quantitative estimate of drug-likeness (QED) is 0.584. The van der Waals surface area contributed by atoms with Gasteiger partial charge in [-0.2, -0.15) is 0 Å². The fraction of sp³-hybridized carbons (Fsp3) is 0.400. The molecule has 74 valence electrons. The first-order valence-electron chi connectivity index (χ1n) is 4.40. The SMILES string of the molecule is C#CCCCNc1ncnc(C)c1F. The zero-order valence-electron chi connectivity index (χ0n) is 8.05. The summed E-state index contributed by atoms with van der Waals surface area (Å²) in [5.74, 6) is 2.36. The van der Waals surface area contributed by atoms with Crippen LogP contribution in [0.15, 0.2) is 6.33 Å². The Bertz CT molecular complexity index is 344. The van der Waals surface area contributed by atoms with Crippen molar-refractivity contribution in [2.24, 2.45) is 0 Å². The molecular weight excluding hydrogens is 181 g/mol. The number of hydrogen-bond acceptors (Lipinski definition) is 3. The first-order valence-corrected chi connectivity index (χ1v) is 4.40. The van der Waals surface area contributed by atoms with Crippen molar-refractivity contribution in [1.82, 2.24) is 9.97 Å². The standard InChI is InChI=1S/C10H12FN3/c1-3-4-5-6-12-10-9(11)8(2)13-7-14-10/h1,7H,4-6H2,2H3,(H,12,13,14). The van der Waals surface area contributed by atoms with Crippen LogP contribution < -0.4 is 5.32 Å². The second-order valence-corrected chi connectivity index (χ2v) is 2.86. The van der Waals surface area contributed by atoms with Gasteiger partial charge in [-0.05, 0) is 13.3 Å². The number of aryl methyl sites for hydroxylation is 1. The second-order valence-electron chi connectivity index (χ2n) is 2.86. The monoisotopic (exact) mass is 193 g/mol. The summed E-state index contributed by atoms with van der Waals surface area (Å²) in [5, 5.41) is 2.87. The van der Waals surface area contributed by atoms with Crippen LogP contribution >= 0.6 is 0 Å². The van der Waals surface area contributed by atoms with Crippen LogP contribution in [-0.2, 0) is 0 Å². The molecule has 0 bridgehead atoms. The summed E-state index contributed by atoms with van der Waals surface area (Å²) < 4.78 is 13.3. The van der Waals surface area contributed by atoms with E-state index in [2.05, 4.69) is 21.2 Å². The third kappa shape index (κ3) is 2.70. The van der Waals surface area contributed by atoms with Gasteiger partial charge in [0, 0.05) is 13.0 Å². The van der Waals surface area contributed by atoms with Crippen molar-refractivity contribution in [2.45, 2.75) is 19.8 Å². The number of nitrogens with one attached hydrogen (secondary N) is 1. The lowest BCUT2D eigenvalue weighted by Crippen LogP contribution is -2.06. The molecule has 4 heteroatoms. The summed E-state index contributed by atoms with van der Waals surface area (Å²) in [5.41, 5.74) is 0.347.